The van der Waals surface area contributed by atoms with E-state index in [1.165, 1.54) is 0 Å². The lowest BCUT2D eigenvalue weighted by molar-refractivity contribution is -0.146. The number of benzene rings is 4. The molecule has 170 valence electrons. The van der Waals surface area contributed by atoms with Crippen LogP contribution in [0, 0.1) is 0 Å². The molecule has 4 aromatic rings. The number of anilines is 1. The van der Waals surface area contributed by atoms with Gasteiger partial charge in [-0.05, 0) is 59.3 Å². The Balaban J connectivity index is 1.20. The number of carbonyl (C=O) groups excluding carboxylic acids is 3. The van der Waals surface area contributed by atoms with Gasteiger partial charge in [0.2, 0.25) is 0 Å². The highest BCUT2D eigenvalue weighted by molar-refractivity contribution is 5.97. The first-order valence-corrected chi connectivity index (χ1v) is 10.6. The lowest BCUT2D eigenvalue weighted by Gasteiger charge is -2.09. The molecule has 7 heteroatoms. The van der Waals surface area contributed by atoms with Gasteiger partial charge in [0.25, 0.3) is 11.8 Å². The molecule has 0 aliphatic heterocycles. The zero-order chi connectivity index (χ0) is 23.8. The molecule has 0 spiro atoms. The molecule has 0 unspecified atom stereocenters. The maximum atomic E-state index is 12.3. The Morgan fingerprint density at radius 2 is 1.38 bits per heavy atom. The van der Waals surface area contributed by atoms with E-state index < -0.39 is 24.4 Å². The van der Waals surface area contributed by atoms with Crippen LogP contribution in [0.3, 0.4) is 0 Å². The molecule has 2 amide bonds. The van der Waals surface area contributed by atoms with Crippen molar-refractivity contribution < 1.29 is 23.9 Å². The second-order valence-electron chi connectivity index (χ2n) is 7.39. The maximum absolute atomic E-state index is 12.3. The van der Waals surface area contributed by atoms with E-state index in [1.54, 1.807) is 30.3 Å². The molecule has 0 atom stereocenters. The van der Waals surface area contributed by atoms with Crippen molar-refractivity contribution in [2.45, 2.75) is 0 Å². The third-order valence-electron chi connectivity index (χ3n) is 4.89. The van der Waals surface area contributed by atoms with E-state index in [2.05, 4.69) is 10.6 Å². The SMILES string of the molecule is O=C(COC(=O)CNC(=O)c1ccc(Oc2ccccc2)cc1)Nc1ccc2ccccc2c1. The van der Waals surface area contributed by atoms with E-state index in [0.29, 0.717) is 22.7 Å². The summed E-state index contributed by atoms with van der Waals surface area (Å²) < 4.78 is 10.6. The fraction of sp³-hybridized carbons (Fsp3) is 0.0741. The summed E-state index contributed by atoms with van der Waals surface area (Å²) in [5.74, 6) is -0.356. The van der Waals surface area contributed by atoms with Crippen LogP contribution in [0.2, 0.25) is 0 Å². The molecule has 0 bridgehead atoms. The van der Waals surface area contributed by atoms with Crippen LogP contribution in [-0.2, 0) is 14.3 Å². The number of hydrogen-bond acceptors (Lipinski definition) is 5. The lowest BCUT2D eigenvalue weighted by Crippen LogP contribution is -2.32. The molecule has 2 N–H and O–H groups in total. The largest absolute Gasteiger partial charge is 0.457 e. The van der Waals surface area contributed by atoms with Gasteiger partial charge in [-0.25, -0.2) is 0 Å². The smallest absolute Gasteiger partial charge is 0.325 e. The number of hydrogen-bond donors (Lipinski definition) is 2. The predicted molar refractivity (Wildman–Crippen MR) is 129 cm³/mol. The monoisotopic (exact) mass is 454 g/mol. The molecule has 4 rings (SSSR count). The summed E-state index contributed by atoms with van der Waals surface area (Å²) >= 11 is 0. The fourth-order valence-electron chi connectivity index (χ4n) is 3.21. The molecule has 0 saturated heterocycles. The summed E-state index contributed by atoms with van der Waals surface area (Å²) in [6.45, 7) is -0.808. The number of fused-ring (bicyclic) bond motifs is 1. The van der Waals surface area contributed by atoms with Crippen molar-refractivity contribution in [3.8, 4) is 11.5 Å². The van der Waals surface area contributed by atoms with Gasteiger partial charge in [-0.15, -0.1) is 0 Å². The van der Waals surface area contributed by atoms with E-state index in [1.807, 2.05) is 66.7 Å². The Bertz CT molecular complexity index is 1300. The Hall–Kier alpha value is -4.65. The Kier molecular flexibility index (Phi) is 7.15. The first-order chi connectivity index (χ1) is 16.6. The van der Waals surface area contributed by atoms with Crippen LogP contribution in [0.1, 0.15) is 10.4 Å². The molecule has 0 fully saturated rings. The van der Waals surface area contributed by atoms with Crippen LogP contribution >= 0.6 is 0 Å². The fourth-order valence-corrected chi connectivity index (χ4v) is 3.21. The van der Waals surface area contributed by atoms with Gasteiger partial charge < -0.3 is 20.1 Å². The van der Waals surface area contributed by atoms with Crippen molar-refractivity contribution >= 4 is 34.2 Å². The number of para-hydroxylation sites is 1. The van der Waals surface area contributed by atoms with E-state index in [-0.39, 0.29) is 6.54 Å². The average molecular weight is 454 g/mol. The third kappa shape index (κ3) is 6.20. The van der Waals surface area contributed by atoms with Gasteiger partial charge in [0, 0.05) is 11.3 Å². The van der Waals surface area contributed by atoms with Gasteiger partial charge in [-0.2, -0.15) is 0 Å². The zero-order valence-corrected chi connectivity index (χ0v) is 18.2. The highest BCUT2D eigenvalue weighted by Crippen LogP contribution is 2.21. The molecule has 0 heterocycles. The topological polar surface area (TPSA) is 93.7 Å². The summed E-state index contributed by atoms with van der Waals surface area (Å²) in [4.78, 5) is 36.3. The molecule has 0 aromatic heterocycles. The van der Waals surface area contributed by atoms with Gasteiger partial charge in [0.1, 0.15) is 18.0 Å². The van der Waals surface area contributed by atoms with Gasteiger partial charge in [-0.1, -0.05) is 48.5 Å². The molecule has 7 nitrogen and oxygen atoms in total. The first-order valence-electron chi connectivity index (χ1n) is 10.6. The molecule has 34 heavy (non-hydrogen) atoms. The number of amides is 2. The number of ether oxygens (including phenoxy) is 2. The number of rotatable bonds is 8. The minimum Gasteiger partial charge on any atom is -0.457 e. The zero-order valence-electron chi connectivity index (χ0n) is 18.2. The van der Waals surface area contributed by atoms with Crippen molar-refractivity contribution in [3.05, 3.63) is 103 Å². The standard InChI is InChI=1S/C27H22N2O5/c30-25(29-22-13-10-19-6-4-5-7-21(19)16-22)18-33-26(31)17-28-27(32)20-11-14-24(15-12-20)34-23-8-2-1-3-9-23/h1-16H,17-18H2,(H,28,32)(H,29,30). The van der Waals surface area contributed by atoms with Crippen molar-refractivity contribution in [1.82, 2.24) is 5.32 Å². The van der Waals surface area contributed by atoms with Crippen molar-refractivity contribution in [1.29, 1.82) is 0 Å². The third-order valence-corrected chi connectivity index (χ3v) is 4.89. The lowest BCUT2D eigenvalue weighted by atomic mass is 10.1. The Labute approximate surface area is 196 Å². The molecular formula is C27H22N2O5. The average Bonchev–Trinajstić information content (AvgIpc) is 2.87. The molecule has 4 aromatic carbocycles. The summed E-state index contributed by atoms with van der Waals surface area (Å²) in [5.41, 5.74) is 0.968. The van der Waals surface area contributed by atoms with Crippen LogP contribution in [0.15, 0.2) is 97.1 Å². The second kappa shape index (κ2) is 10.8. The molecule has 0 aliphatic rings. The number of esters is 1. The summed E-state index contributed by atoms with van der Waals surface area (Å²) in [5, 5.41) is 7.21. The second-order valence-corrected chi connectivity index (χ2v) is 7.39. The number of nitrogens with one attached hydrogen (secondary N) is 2. The van der Waals surface area contributed by atoms with Crippen LogP contribution in [0.5, 0.6) is 11.5 Å². The van der Waals surface area contributed by atoms with E-state index in [0.717, 1.165) is 10.8 Å². The highest BCUT2D eigenvalue weighted by atomic mass is 16.5. The molecular weight excluding hydrogens is 432 g/mol. The molecule has 0 saturated carbocycles. The van der Waals surface area contributed by atoms with Gasteiger partial charge in [0.05, 0.1) is 0 Å². The van der Waals surface area contributed by atoms with Crippen LogP contribution in [0.25, 0.3) is 10.8 Å². The van der Waals surface area contributed by atoms with Crippen LogP contribution < -0.4 is 15.4 Å². The van der Waals surface area contributed by atoms with Crippen LogP contribution in [0.4, 0.5) is 5.69 Å². The summed E-state index contributed by atoms with van der Waals surface area (Å²) in [7, 11) is 0. The van der Waals surface area contributed by atoms with Crippen molar-refractivity contribution in [2.24, 2.45) is 0 Å². The Morgan fingerprint density at radius 1 is 0.706 bits per heavy atom. The van der Waals surface area contributed by atoms with Crippen molar-refractivity contribution in [3.63, 3.8) is 0 Å². The molecule has 0 radical (unpaired) electrons. The van der Waals surface area contributed by atoms with E-state index in [4.69, 9.17) is 9.47 Å². The van der Waals surface area contributed by atoms with E-state index >= 15 is 0 Å². The Morgan fingerprint density at radius 3 is 2.15 bits per heavy atom. The number of carbonyl (C=O) groups is 3. The maximum Gasteiger partial charge on any atom is 0.325 e. The van der Waals surface area contributed by atoms with Crippen LogP contribution in [-0.4, -0.2) is 30.9 Å². The minimum atomic E-state index is -0.717. The normalized spacial score (nSPS) is 10.4. The van der Waals surface area contributed by atoms with Gasteiger partial charge in [0.15, 0.2) is 6.61 Å². The minimum absolute atomic E-state index is 0.357. The summed E-state index contributed by atoms with van der Waals surface area (Å²) in [6, 6.07) is 29.1. The highest BCUT2D eigenvalue weighted by Gasteiger charge is 2.11. The quantitative estimate of drug-likeness (QED) is 0.381. The molecule has 0 aliphatic carbocycles. The van der Waals surface area contributed by atoms with Gasteiger partial charge in [-0.3, -0.25) is 14.4 Å². The first kappa shape index (κ1) is 22.5. The van der Waals surface area contributed by atoms with Crippen molar-refractivity contribution in [2.75, 3.05) is 18.5 Å². The van der Waals surface area contributed by atoms with E-state index in [9.17, 15) is 14.4 Å². The predicted octanol–water partition coefficient (Wildman–Crippen LogP) is 4.54. The van der Waals surface area contributed by atoms with Gasteiger partial charge >= 0.3 is 5.97 Å². The summed E-state index contributed by atoms with van der Waals surface area (Å²) in [6.07, 6.45) is 0.